The lowest BCUT2D eigenvalue weighted by Gasteiger charge is -2.17. The van der Waals surface area contributed by atoms with Gasteiger partial charge in [0.2, 0.25) is 0 Å². The average molecular weight is 398 g/mol. The summed E-state index contributed by atoms with van der Waals surface area (Å²) in [6.07, 6.45) is 1.67. The molecule has 6 nitrogen and oxygen atoms in total. The number of carboxylic acids is 1. The van der Waals surface area contributed by atoms with Gasteiger partial charge in [0.05, 0.1) is 10.6 Å². The normalized spacial score (nSPS) is 15.8. The number of hydrogen-bond donors (Lipinski definition) is 1. The second-order valence-corrected chi connectivity index (χ2v) is 8.06. The number of amides is 2. The minimum absolute atomic E-state index is 0.240. The monoisotopic (exact) mass is 398 g/mol. The number of thioether (sulfide) groups is 1. The molecule has 0 unspecified atom stereocenters. The Morgan fingerprint density at radius 2 is 1.68 bits per heavy atom. The molecule has 0 radical (unpaired) electrons. The van der Waals surface area contributed by atoms with Crippen molar-refractivity contribution in [1.29, 1.82) is 0 Å². The molecule has 1 aromatic heterocycles. The molecule has 2 aromatic rings. The molecule has 0 aliphatic carbocycles. The summed E-state index contributed by atoms with van der Waals surface area (Å²) in [4.78, 5) is 36.3. The number of carbonyl (C=O) groups is 3. The van der Waals surface area contributed by atoms with E-state index in [4.69, 9.17) is 5.11 Å². The minimum Gasteiger partial charge on any atom is -0.480 e. The molecule has 2 heterocycles. The van der Waals surface area contributed by atoms with Gasteiger partial charge in [-0.2, -0.15) is 0 Å². The number of aliphatic carboxylic acids is 1. The lowest BCUT2D eigenvalue weighted by Crippen LogP contribution is -2.33. The lowest BCUT2D eigenvalue weighted by molar-refractivity contribution is -0.140. The fraction of sp³-hybridized carbons (Fsp3) is 0.286. The van der Waals surface area contributed by atoms with Crippen molar-refractivity contribution in [2.45, 2.75) is 34.6 Å². The third kappa shape index (κ3) is 3.49. The summed E-state index contributed by atoms with van der Waals surface area (Å²) in [5.41, 5.74) is 7.44. The molecule has 1 N–H and O–H groups in total. The first-order valence-corrected chi connectivity index (χ1v) is 9.66. The van der Waals surface area contributed by atoms with E-state index in [1.807, 2.05) is 19.9 Å². The lowest BCUT2D eigenvalue weighted by atomic mass is 10.0. The number of imide groups is 1. The molecule has 7 heteroatoms. The zero-order valence-corrected chi connectivity index (χ0v) is 17.3. The first-order chi connectivity index (χ1) is 13.1. The Kier molecular flexibility index (Phi) is 5.21. The van der Waals surface area contributed by atoms with Gasteiger partial charge in [0.25, 0.3) is 11.1 Å². The second kappa shape index (κ2) is 7.31. The van der Waals surface area contributed by atoms with E-state index in [0.717, 1.165) is 50.4 Å². The summed E-state index contributed by atoms with van der Waals surface area (Å²) in [6.45, 7) is 9.56. The number of aryl methyl sites for hydroxylation is 4. The Bertz CT molecular complexity index is 1030. The van der Waals surface area contributed by atoms with Gasteiger partial charge < -0.3 is 9.67 Å². The fourth-order valence-electron chi connectivity index (χ4n) is 3.72. The molecule has 1 aliphatic rings. The van der Waals surface area contributed by atoms with Gasteiger partial charge in [-0.15, -0.1) is 0 Å². The summed E-state index contributed by atoms with van der Waals surface area (Å²) in [7, 11) is 0. The SMILES string of the molecule is Cc1cc(C)c(-n2c(C)cc(/C=C3/SC(=O)N(CC(=O)O)C3=O)c2C)c(C)c1. The van der Waals surface area contributed by atoms with Crippen molar-refractivity contribution >= 4 is 35.0 Å². The molecule has 3 rings (SSSR count). The Balaban J connectivity index is 2.04. The van der Waals surface area contributed by atoms with Crippen LogP contribution < -0.4 is 0 Å². The molecule has 0 spiro atoms. The van der Waals surface area contributed by atoms with E-state index in [2.05, 4.69) is 37.5 Å². The average Bonchev–Trinajstić information content (AvgIpc) is 2.98. The van der Waals surface area contributed by atoms with E-state index in [1.165, 1.54) is 5.56 Å². The third-order valence-corrected chi connectivity index (χ3v) is 5.69. The van der Waals surface area contributed by atoms with Gasteiger partial charge in [0, 0.05) is 11.4 Å². The number of benzene rings is 1. The van der Waals surface area contributed by atoms with Gasteiger partial charge >= 0.3 is 5.97 Å². The van der Waals surface area contributed by atoms with E-state index in [1.54, 1.807) is 6.08 Å². The maximum atomic E-state index is 12.4. The summed E-state index contributed by atoms with van der Waals surface area (Å²) in [5, 5.41) is 8.33. The summed E-state index contributed by atoms with van der Waals surface area (Å²) in [6, 6.07) is 6.25. The van der Waals surface area contributed by atoms with Crippen LogP contribution in [0.15, 0.2) is 23.1 Å². The van der Waals surface area contributed by atoms with Crippen LogP contribution >= 0.6 is 11.8 Å². The molecule has 1 aliphatic heterocycles. The predicted molar refractivity (Wildman–Crippen MR) is 110 cm³/mol. The molecule has 0 bridgehead atoms. The summed E-state index contributed by atoms with van der Waals surface area (Å²) < 4.78 is 2.15. The van der Waals surface area contributed by atoms with Gasteiger partial charge in [-0.1, -0.05) is 17.7 Å². The van der Waals surface area contributed by atoms with E-state index >= 15 is 0 Å². The smallest absolute Gasteiger partial charge is 0.323 e. The highest BCUT2D eigenvalue weighted by molar-refractivity contribution is 8.18. The van der Waals surface area contributed by atoms with Gasteiger partial charge in [0.1, 0.15) is 6.54 Å². The zero-order valence-electron chi connectivity index (χ0n) is 16.5. The van der Waals surface area contributed by atoms with Crippen LogP contribution in [0.5, 0.6) is 0 Å². The third-order valence-electron chi connectivity index (χ3n) is 4.78. The molecule has 28 heavy (non-hydrogen) atoms. The maximum Gasteiger partial charge on any atom is 0.323 e. The van der Waals surface area contributed by atoms with Crippen LogP contribution in [0.4, 0.5) is 4.79 Å². The number of hydrogen-bond acceptors (Lipinski definition) is 4. The minimum atomic E-state index is -1.22. The Hall–Kier alpha value is -2.80. The van der Waals surface area contributed by atoms with Gasteiger partial charge in [-0.25, -0.2) is 0 Å². The molecular formula is C21H22N2O4S. The standard InChI is InChI=1S/C21H22N2O4S/c1-11-6-12(2)19(13(3)7-11)23-14(4)8-16(15(23)5)9-17-20(26)22(10-18(24)25)21(27)28-17/h6-9H,10H2,1-5H3,(H,24,25)/b17-9+. The van der Waals surface area contributed by atoms with E-state index in [9.17, 15) is 14.4 Å². The number of carbonyl (C=O) groups excluding carboxylic acids is 2. The van der Waals surface area contributed by atoms with Crippen LogP contribution in [0.1, 0.15) is 33.6 Å². The highest BCUT2D eigenvalue weighted by Gasteiger charge is 2.36. The highest BCUT2D eigenvalue weighted by atomic mass is 32.2. The van der Waals surface area contributed by atoms with Crippen LogP contribution in [0.25, 0.3) is 11.8 Å². The number of aromatic nitrogens is 1. The van der Waals surface area contributed by atoms with Crippen molar-refractivity contribution in [3.05, 3.63) is 56.7 Å². The van der Waals surface area contributed by atoms with Crippen molar-refractivity contribution in [2.75, 3.05) is 6.54 Å². The van der Waals surface area contributed by atoms with E-state index < -0.39 is 23.7 Å². The van der Waals surface area contributed by atoms with Crippen LogP contribution in [0.2, 0.25) is 0 Å². The highest BCUT2D eigenvalue weighted by Crippen LogP contribution is 2.34. The maximum absolute atomic E-state index is 12.4. The van der Waals surface area contributed by atoms with Crippen molar-refractivity contribution in [3.8, 4) is 5.69 Å². The molecule has 0 atom stereocenters. The van der Waals surface area contributed by atoms with Gasteiger partial charge in [0.15, 0.2) is 0 Å². The Morgan fingerprint density at radius 3 is 2.25 bits per heavy atom. The molecule has 146 valence electrons. The zero-order chi connectivity index (χ0) is 20.7. The Morgan fingerprint density at radius 1 is 1.07 bits per heavy atom. The van der Waals surface area contributed by atoms with Crippen LogP contribution in [0.3, 0.4) is 0 Å². The first kappa shape index (κ1) is 19.9. The number of rotatable bonds is 4. The van der Waals surface area contributed by atoms with Gasteiger partial charge in [-0.05, 0) is 75.2 Å². The molecular weight excluding hydrogens is 376 g/mol. The second-order valence-electron chi connectivity index (χ2n) is 7.07. The first-order valence-electron chi connectivity index (χ1n) is 8.84. The number of nitrogens with zero attached hydrogens (tertiary/aromatic N) is 2. The molecule has 1 saturated heterocycles. The topological polar surface area (TPSA) is 79.6 Å². The molecule has 1 aromatic carbocycles. The predicted octanol–water partition coefficient (Wildman–Crippen LogP) is 4.14. The van der Waals surface area contributed by atoms with Crippen molar-refractivity contribution in [1.82, 2.24) is 9.47 Å². The van der Waals surface area contributed by atoms with Crippen molar-refractivity contribution < 1.29 is 19.5 Å². The van der Waals surface area contributed by atoms with Crippen LogP contribution in [-0.4, -0.2) is 38.2 Å². The van der Waals surface area contributed by atoms with E-state index in [0.29, 0.717) is 0 Å². The van der Waals surface area contributed by atoms with Crippen molar-refractivity contribution in [2.24, 2.45) is 0 Å². The summed E-state index contributed by atoms with van der Waals surface area (Å²) in [5.74, 6) is -1.78. The Labute approximate surface area is 167 Å². The fourth-order valence-corrected chi connectivity index (χ4v) is 4.54. The van der Waals surface area contributed by atoms with E-state index in [-0.39, 0.29) is 4.91 Å². The van der Waals surface area contributed by atoms with Crippen LogP contribution in [-0.2, 0) is 9.59 Å². The summed E-state index contributed by atoms with van der Waals surface area (Å²) >= 11 is 0.772. The largest absolute Gasteiger partial charge is 0.480 e. The molecule has 1 fully saturated rings. The van der Waals surface area contributed by atoms with Gasteiger partial charge in [-0.3, -0.25) is 19.3 Å². The molecule has 0 saturated carbocycles. The molecule has 2 amide bonds. The quantitative estimate of drug-likeness (QED) is 0.783. The van der Waals surface area contributed by atoms with Crippen molar-refractivity contribution in [3.63, 3.8) is 0 Å². The van der Waals surface area contributed by atoms with Crippen LogP contribution in [0, 0.1) is 34.6 Å². The number of carboxylic acid groups (broad SMARTS) is 1.